The second-order valence-corrected chi connectivity index (χ2v) is 7.60. The maximum Gasteiger partial charge on any atom is 0.242 e. The van der Waals surface area contributed by atoms with E-state index in [0.29, 0.717) is 23.2 Å². The van der Waals surface area contributed by atoms with Gasteiger partial charge >= 0.3 is 0 Å². The van der Waals surface area contributed by atoms with E-state index in [2.05, 4.69) is 24.7 Å². The molecule has 0 spiro atoms. The molecule has 0 atom stereocenters. The minimum Gasteiger partial charge on any atom is -0.368 e. The number of rotatable bonds is 6. The highest BCUT2D eigenvalue weighted by molar-refractivity contribution is 7.89. The third kappa shape index (κ3) is 5.53. The number of nitrogens with one attached hydrogen (secondary N) is 1. The third-order valence-corrected chi connectivity index (χ3v) is 5.65. The van der Waals surface area contributed by atoms with E-state index in [-0.39, 0.29) is 31.4 Å². The van der Waals surface area contributed by atoms with E-state index in [0.717, 1.165) is 31.9 Å². The molecule has 1 saturated heterocycles. The molecule has 152 valence electrons. The van der Waals surface area contributed by atoms with Crippen LogP contribution in [0.15, 0.2) is 33.7 Å². The van der Waals surface area contributed by atoms with Crippen LogP contribution in [0.1, 0.15) is 11.7 Å². The molecule has 3 rings (SSSR count). The summed E-state index contributed by atoms with van der Waals surface area (Å²) in [6.45, 7) is 3.82. The first kappa shape index (κ1) is 23.6. The van der Waals surface area contributed by atoms with Gasteiger partial charge in [-0.05, 0) is 19.2 Å². The molecular weight excluding hydrogens is 415 g/mol. The molecule has 1 aromatic heterocycles. The fraction of sp³-hybridized carbons (Fsp3) is 0.467. The topological polar surface area (TPSA) is 118 Å². The highest BCUT2D eigenvalue weighted by Crippen LogP contribution is 2.26. The van der Waals surface area contributed by atoms with Crippen molar-refractivity contribution >= 4 is 40.5 Å². The Morgan fingerprint density at radius 1 is 1.19 bits per heavy atom. The summed E-state index contributed by atoms with van der Waals surface area (Å²) < 4.78 is 31.8. The Morgan fingerprint density at radius 3 is 2.44 bits per heavy atom. The van der Waals surface area contributed by atoms with E-state index in [9.17, 15) is 8.42 Å². The number of nitrogens with two attached hydrogens (primary N) is 1. The van der Waals surface area contributed by atoms with Crippen molar-refractivity contribution in [3.05, 3.63) is 36.0 Å². The lowest BCUT2D eigenvalue weighted by molar-refractivity contribution is 0.239. The third-order valence-electron chi connectivity index (χ3n) is 4.19. The van der Waals surface area contributed by atoms with E-state index in [1.807, 2.05) is 12.1 Å². The number of para-hydroxylation sites is 1. The lowest BCUT2D eigenvalue weighted by Crippen LogP contribution is -2.46. The molecule has 1 fully saturated rings. The SMILES string of the molecule is CNS(=O)(=O)c1ccccc1N1CCN(Cc2noc(CN)n2)CC1.Cl.Cl. The Bertz CT molecular complexity index is 824. The average molecular weight is 439 g/mol. The molecule has 0 aliphatic carbocycles. The maximum absolute atomic E-state index is 12.2. The quantitative estimate of drug-likeness (QED) is 0.672. The minimum absolute atomic E-state index is 0. The first-order valence-electron chi connectivity index (χ1n) is 8.05. The van der Waals surface area contributed by atoms with Crippen LogP contribution in [0, 0.1) is 0 Å². The zero-order valence-corrected chi connectivity index (χ0v) is 17.3. The fourth-order valence-electron chi connectivity index (χ4n) is 2.84. The Morgan fingerprint density at radius 2 is 1.85 bits per heavy atom. The maximum atomic E-state index is 12.2. The van der Waals surface area contributed by atoms with Crippen molar-refractivity contribution in [2.75, 3.05) is 38.1 Å². The van der Waals surface area contributed by atoms with Gasteiger partial charge in [-0.25, -0.2) is 13.1 Å². The molecule has 0 amide bonds. The van der Waals surface area contributed by atoms with Crippen molar-refractivity contribution in [1.82, 2.24) is 19.8 Å². The van der Waals surface area contributed by atoms with Crippen LogP contribution in [0.25, 0.3) is 0 Å². The zero-order chi connectivity index (χ0) is 17.9. The molecule has 0 bridgehead atoms. The predicted octanol–water partition coefficient (Wildman–Crippen LogP) is 0.602. The minimum atomic E-state index is -3.49. The van der Waals surface area contributed by atoms with Crippen LogP contribution in [-0.4, -0.2) is 56.7 Å². The van der Waals surface area contributed by atoms with E-state index in [1.165, 1.54) is 7.05 Å². The first-order chi connectivity index (χ1) is 12.0. The van der Waals surface area contributed by atoms with E-state index < -0.39 is 10.0 Å². The van der Waals surface area contributed by atoms with Crippen LogP contribution in [0.4, 0.5) is 5.69 Å². The molecule has 1 aliphatic heterocycles. The number of aromatic nitrogens is 2. The normalized spacial score (nSPS) is 15.1. The van der Waals surface area contributed by atoms with Crippen molar-refractivity contribution < 1.29 is 12.9 Å². The van der Waals surface area contributed by atoms with Gasteiger partial charge in [0, 0.05) is 26.2 Å². The van der Waals surface area contributed by atoms with Gasteiger partial charge in [0.15, 0.2) is 5.82 Å². The molecular formula is C15H24Cl2N6O3S. The van der Waals surface area contributed by atoms with Crippen LogP contribution in [0.2, 0.25) is 0 Å². The largest absolute Gasteiger partial charge is 0.368 e. The van der Waals surface area contributed by atoms with Gasteiger partial charge in [0.25, 0.3) is 0 Å². The van der Waals surface area contributed by atoms with Crippen LogP contribution in [0.3, 0.4) is 0 Å². The number of nitrogens with zero attached hydrogens (tertiary/aromatic N) is 4. The van der Waals surface area contributed by atoms with Crippen LogP contribution in [0.5, 0.6) is 0 Å². The lowest BCUT2D eigenvalue weighted by atomic mass is 10.2. The van der Waals surface area contributed by atoms with E-state index >= 15 is 0 Å². The van der Waals surface area contributed by atoms with E-state index in [4.69, 9.17) is 10.3 Å². The summed E-state index contributed by atoms with van der Waals surface area (Å²) in [5.74, 6) is 1.05. The van der Waals surface area contributed by atoms with Gasteiger partial charge in [-0.1, -0.05) is 17.3 Å². The molecule has 1 aliphatic rings. The van der Waals surface area contributed by atoms with Crippen LogP contribution < -0.4 is 15.4 Å². The van der Waals surface area contributed by atoms with Gasteiger partial charge in [-0.2, -0.15) is 4.98 Å². The molecule has 2 aromatic rings. The Kier molecular flexibility index (Phi) is 8.92. The second kappa shape index (κ2) is 10.2. The number of sulfonamides is 1. The van der Waals surface area contributed by atoms with Gasteiger partial charge in [-0.15, -0.1) is 24.8 Å². The van der Waals surface area contributed by atoms with Crippen LogP contribution in [-0.2, 0) is 23.1 Å². The summed E-state index contributed by atoms with van der Waals surface area (Å²) in [4.78, 5) is 8.81. The summed E-state index contributed by atoms with van der Waals surface area (Å²) in [5.41, 5.74) is 6.19. The molecule has 3 N–H and O–H groups in total. The summed E-state index contributed by atoms with van der Waals surface area (Å²) >= 11 is 0. The summed E-state index contributed by atoms with van der Waals surface area (Å²) in [7, 11) is -2.07. The van der Waals surface area contributed by atoms with Crippen molar-refractivity contribution in [2.45, 2.75) is 18.0 Å². The highest BCUT2D eigenvalue weighted by Gasteiger charge is 2.24. The number of piperazine rings is 1. The van der Waals surface area contributed by atoms with Gasteiger partial charge in [-0.3, -0.25) is 4.90 Å². The fourth-order valence-corrected chi connectivity index (χ4v) is 3.79. The van der Waals surface area contributed by atoms with Gasteiger partial charge in [0.1, 0.15) is 4.90 Å². The Labute approximate surface area is 171 Å². The molecule has 9 nitrogen and oxygen atoms in total. The van der Waals surface area contributed by atoms with Crippen molar-refractivity contribution in [3.63, 3.8) is 0 Å². The number of hydrogen-bond donors (Lipinski definition) is 2. The van der Waals surface area contributed by atoms with Gasteiger partial charge < -0.3 is 15.2 Å². The van der Waals surface area contributed by atoms with Crippen molar-refractivity contribution in [2.24, 2.45) is 5.73 Å². The second-order valence-electron chi connectivity index (χ2n) is 5.75. The smallest absolute Gasteiger partial charge is 0.242 e. The number of halogens is 2. The highest BCUT2D eigenvalue weighted by atomic mass is 35.5. The molecule has 27 heavy (non-hydrogen) atoms. The summed E-state index contributed by atoms with van der Waals surface area (Å²) in [6.07, 6.45) is 0. The number of hydrogen-bond acceptors (Lipinski definition) is 8. The summed E-state index contributed by atoms with van der Waals surface area (Å²) in [6, 6.07) is 7.05. The van der Waals surface area contributed by atoms with Crippen molar-refractivity contribution in [1.29, 1.82) is 0 Å². The molecule has 2 heterocycles. The molecule has 0 radical (unpaired) electrons. The van der Waals surface area contributed by atoms with E-state index in [1.54, 1.807) is 12.1 Å². The molecule has 0 saturated carbocycles. The van der Waals surface area contributed by atoms with Crippen LogP contribution >= 0.6 is 24.8 Å². The Balaban J connectivity index is 0.00000182. The zero-order valence-electron chi connectivity index (χ0n) is 14.9. The standard InChI is InChI=1S/C15H22N6O3S.2ClH/c1-17-25(22,23)13-5-3-2-4-12(13)21-8-6-20(7-9-21)11-14-18-15(10-16)24-19-14;;/h2-5,17H,6-11,16H2,1H3;2*1H. The Hall–Kier alpha value is -1.43. The molecule has 1 aromatic carbocycles. The van der Waals surface area contributed by atoms with Gasteiger partial charge in [0.05, 0.1) is 18.8 Å². The first-order valence-corrected chi connectivity index (χ1v) is 9.53. The summed E-state index contributed by atoms with van der Waals surface area (Å²) in [5, 5.41) is 3.91. The van der Waals surface area contributed by atoms with Crippen molar-refractivity contribution in [3.8, 4) is 0 Å². The monoisotopic (exact) mass is 438 g/mol. The van der Waals surface area contributed by atoms with Gasteiger partial charge in [0.2, 0.25) is 15.9 Å². The predicted molar refractivity (Wildman–Crippen MR) is 107 cm³/mol. The number of benzene rings is 1. The average Bonchev–Trinajstić information content (AvgIpc) is 3.10. The number of anilines is 1. The lowest BCUT2D eigenvalue weighted by Gasteiger charge is -2.36. The molecule has 12 heteroatoms. The molecule has 0 unspecified atom stereocenters.